The van der Waals surface area contributed by atoms with Crippen LogP contribution in [0.25, 0.3) is 0 Å². The van der Waals surface area contributed by atoms with Gasteiger partial charge in [0.05, 0.1) is 0 Å². The lowest BCUT2D eigenvalue weighted by molar-refractivity contribution is 0.816. The van der Waals surface area contributed by atoms with Crippen molar-refractivity contribution in [2.45, 2.75) is 66.5 Å². The zero-order valence-corrected chi connectivity index (χ0v) is 12.2. The minimum absolute atomic E-state index is 1.10. The zero-order chi connectivity index (χ0) is 12.8. The summed E-state index contributed by atoms with van der Waals surface area (Å²) < 4.78 is 0. The highest BCUT2D eigenvalue weighted by Crippen LogP contribution is 2.35. The van der Waals surface area contributed by atoms with Gasteiger partial charge < -0.3 is 0 Å². The van der Waals surface area contributed by atoms with Crippen LogP contribution >= 0.6 is 0 Å². The third kappa shape index (κ3) is 3.37. The second-order valence-corrected chi connectivity index (χ2v) is 4.91. The molecule has 0 N–H and O–H groups in total. The Morgan fingerprint density at radius 2 is 1.88 bits per heavy atom. The van der Waals surface area contributed by atoms with E-state index < -0.39 is 0 Å². The van der Waals surface area contributed by atoms with E-state index in [1.807, 2.05) is 0 Å². The fourth-order valence-electron chi connectivity index (χ4n) is 2.73. The van der Waals surface area contributed by atoms with Crippen molar-refractivity contribution in [2.75, 3.05) is 0 Å². The van der Waals surface area contributed by atoms with E-state index in [1.54, 1.807) is 22.3 Å². The van der Waals surface area contributed by atoms with E-state index in [2.05, 4.69) is 47.9 Å². The van der Waals surface area contributed by atoms with Crippen LogP contribution in [-0.2, 0) is 0 Å². The Bertz CT molecular complexity index is 356. The molecule has 1 heteroatoms. The van der Waals surface area contributed by atoms with Gasteiger partial charge in [-0.05, 0) is 61.8 Å². The molecular weight excluding hydrogens is 203 g/mol. The van der Waals surface area contributed by atoms with Crippen molar-refractivity contribution in [1.82, 2.24) is 0 Å². The molecule has 0 aliphatic heterocycles. The molecule has 0 spiro atoms. The predicted octanol–water partition coefficient (Wildman–Crippen LogP) is 5.33. The minimum Gasteiger partial charge on any atom is -0.0917 e. The lowest BCUT2D eigenvalue weighted by Gasteiger charge is -2.24. The topological polar surface area (TPSA) is 0 Å². The summed E-state index contributed by atoms with van der Waals surface area (Å²) >= 11 is 0. The van der Waals surface area contributed by atoms with Gasteiger partial charge in [-0.3, -0.25) is 0 Å². The first-order chi connectivity index (χ1) is 8.15. The third-order valence-electron chi connectivity index (χ3n) is 4.02. The third-order valence-corrected chi connectivity index (χ3v) is 4.02. The maximum Gasteiger partial charge on any atom is 0.110 e. The SMILES string of the molecule is C[B]C/C=C(\CC)C1=C(C)C(C)=C(CC)CC1. The van der Waals surface area contributed by atoms with E-state index >= 15 is 0 Å². The highest BCUT2D eigenvalue weighted by atomic mass is 14.2. The minimum atomic E-state index is 1.10. The van der Waals surface area contributed by atoms with Crippen LogP contribution in [0.4, 0.5) is 0 Å². The molecule has 1 aliphatic carbocycles. The molecule has 17 heavy (non-hydrogen) atoms. The zero-order valence-electron chi connectivity index (χ0n) is 12.2. The molecular formula is C16H26B. The van der Waals surface area contributed by atoms with E-state index in [9.17, 15) is 0 Å². The van der Waals surface area contributed by atoms with Gasteiger partial charge in [-0.25, -0.2) is 0 Å². The van der Waals surface area contributed by atoms with Crippen LogP contribution < -0.4 is 0 Å². The van der Waals surface area contributed by atoms with Gasteiger partial charge in [0.25, 0.3) is 0 Å². The Balaban J connectivity index is 3.05. The lowest BCUT2D eigenvalue weighted by atomic mass is 9.75. The fourth-order valence-corrected chi connectivity index (χ4v) is 2.73. The van der Waals surface area contributed by atoms with Gasteiger partial charge >= 0.3 is 0 Å². The number of hydrogen-bond donors (Lipinski definition) is 0. The maximum atomic E-state index is 2.41. The first-order valence-electron chi connectivity index (χ1n) is 7.01. The van der Waals surface area contributed by atoms with Gasteiger partial charge in [-0.1, -0.05) is 38.6 Å². The van der Waals surface area contributed by atoms with Crippen molar-refractivity contribution in [1.29, 1.82) is 0 Å². The molecule has 0 aromatic carbocycles. The molecule has 0 saturated carbocycles. The monoisotopic (exact) mass is 229 g/mol. The summed E-state index contributed by atoms with van der Waals surface area (Å²) in [5.74, 6) is 0. The Hall–Kier alpha value is -0.715. The van der Waals surface area contributed by atoms with Crippen LogP contribution in [0, 0.1) is 0 Å². The first-order valence-corrected chi connectivity index (χ1v) is 7.01. The molecule has 0 aromatic heterocycles. The molecule has 1 radical (unpaired) electrons. The van der Waals surface area contributed by atoms with Crippen LogP contribution in [0.3, 0.4) is 0 Å². The van der Waals surface area contributed by atoms with Gasteiger partial charge in [-0.15, -0.1) is 0 Å². The summed E-state index contributed by atoms with van der Waals surface area (Å²) in [6.07, 6.45) is 8.39. The second kappa shape index (κ2) is 6.88. The fraction of sp³-hybridized carbons (Fsp3) is 0.625. The number of hydrogen-bond acceptors (Lipinski definition) is 0. The van der Waals surface area contributed by atoms with Gasteiger partial charge in [0.15, 0.2) is 0 Å². The van der Waals surface area contributed by atoms with Crippen LogP contribution in [0.5, 0.6) is 0 Å². The summed E-state index contributed by atoms with van der Waals surface area (Å²) in [6, 6.07) is 0. The van der Waals surface area contributed by atoms with Crippen molar-refractivity contribution in [2.24, 2.45) is 0 Å². The Morgan fingerprint density at radius 1 is 1.18 bits per heavy atom. The van der Waals surface area contributed by atoms with Crippen molar-refractivity contribution in [3.63, 3.8) is 0 Å². The molecule has 0 heterocycles. The molecule has 0 fully saturated rings. The highest BCUT2D eigenvalue weighted by molar-refractivity contribution is 6.34. The second-order valence-electron chi connectivity index (χ2n) is 4.91. The normalized spacial score (nSPS) is 17.8. The summed E-state index contributed by atoms with van der Waals surface area (Å²) in [6.45, 7) is 11.3. The molecule has 0 saturated heterocycles. The van der Waals surface area contributed by atoms with E-state index in [0.29, 0.717) is 0 Å². The highest BCUT2D eigenvalue weighted by Gasteiger charge is 2.16. The van der Waals surface area contributed by atoms with Crippen LogP contribution in [0.1, 0.15) is 53.4 Å². The molecule has 0 amide bonds. The number of rotatable bonds is 5. The van der Waals surface area contributed by atoms with Gasteiger partial charge in [0.2, 0.25) is 0 Å². The van der Waals surface area contributed by atoms with E-state index in [4.69, 9.17) is 0 Å². The smallest absolute Gasteiger partial charge is 0.0917 e. The average Bonchev–Trinajstić information content (AvgIpc) is 2.35. The molecule has 0 bridgehead atoms. The maximum absolute atomic E-state index is 2.41. The average molecular weight is 229 g/mol. The molecule has 1 rings (SSSR count). The summed E-state index contributed by atoms with van der Waals surface area (Å²) in [5.41, 5.74) is 7.92. The summed E-state index contributed by atoms with van der Waals surface area (Å²) in [4.78, 5) is 0. The molecule has 93 valence electrons. The van der Waals surface area contributed by atoms with E-state index in [-0.39, 0.29) is 0 Å². The molecule has 0 atom stereocenters. The van der Waals surface area contributed by atoms with Crippen molar-refractivity contribution in [3.8, 4) is 0 Å². The van der Waals surface area contributed by atoms with Crippen LogP contribution in [0.15, 0.2) is 33.9 Å². The number of allylic oxidation sites excluding steroid dienone is 6. The molecule has 0 unspecified atom stereocenters. The van der Waals surface area contributed by atoms with Crippen molar-refractivity contribution < 1.29 is 0 Å². The van der Waals surface area contributed by atoms with Crippen molar-refractivity contribution >= 4 is 7.28 Å². The Labute approximate surface area is 108 Å². The Kier molecular flexibility index (Phi) is 5.81. The summed E-state index contributed by atoms with van der Waals surface area (Å²) in [7, 11) is 2.23. The quantitative estimate of drug-likeness (QED) is 0.559. The standard InChI is InChI=1S/C16H26B/c1-6-14-8-9-16(13(4)12(14)3)15(7-2)10-11-17-5/h10H,6-9,11H2,1-5H3/b15-10+. The first kappa shape index (κ1) is 14.3. The van der Waals surface area contributed by atoms with E-state index in [0.717, 1.165) is 12.7 Å². The van der Waals surface area contributed by atoms with Gasteiger partial charge in [0.1, 0.15) is 7.28 Å². The van der Waals surface area contributed by atoms with Gasteiger partial charge in [-0.2, -0.15) is 0 Å². The largest absolute Gasteiger partial charge is 0.110 e. The van der Waals surface area contributed by atoms with Crippen molar-refractivity contribution in [3.05, 3.63) is 33.9 Å². The molecule has 0 nitrogen and oxygen atoms in total. The van der Waals surface area contributed by atoms with Crippen LogP contribution in [0.2, 0.25) is 13.1 Å². The predicted molar refractivity (Wildman–Crippen MR) is 79.7 cm³/mol. The molecule has 1 aliphatic rings. The summed E-state index contributed by atoms with van der Waals surface area (Å²) in [5, 5.41) is 0. The van der Waals surface area contributed by atoms with Gasteiger partial charge in [0, 0.05) is 0 Å². The van der Waals surface area contributed by atoms with Crippen LogP contribution in [-0.4, -0.2) is 7.28 Å². The Morgan fingerprint density at radius 3 is 2.41 bits per heavy atom. The lowest BCUT2D eigenvalue weighted by Crippen LogP contribution is -2.04. The molecule has 0 aromatic rings. The van der Waals surface area contributed by atoms with E-state index in [1.165, 1.54) is 24.8 Å².